The molecule has 1 aliphatic rings. The van der Waals surface area contributed by atoms with Crippen molar-refractivity contribution < 1.29 is 4.74 Å². The Labute approximate surface area is 92.4 Å². The highest BCUT2D eigenvalue weighted by Crippen LogP contribution is 2.15. The van der Waals surface area contributed by atoms with Gasteiger partial charge in [-0.25, -0.2) is 0 Å². The minimum atomic E-state index is 0.387. The number of nitrogens with zero attached hydrogens (tertiary/aromatic N) is 1. The molecule has 2 nitrogen and oxygen atoms in total. The van der Waals surface area contributed by atoms with Crippen molar-refractivity contribution >= 4 is 11.8 Å². The third kappa shape index (κ3) is 4.67. The fraction of sp³-hybridized carbons (Fsp3) is 1.00. The van der Waals surface area contributed by atoms with Crippen molar-refractivity contribution in [1.29, 1.82) is 0 Å². The van der Waals surface area contributed by atoms with E-state index in [0.29, 0.717) is 12.2 Å². The van der Waals surface area contributed by atoms with E-state index in [-0.39, 0.29) is 0 Å². The van der Waals surface area contributed by atoms with E-state index in [1.54, 1.807) is 0 Å². The van der Waals surface area contributed by atoms with Crippen LogP contribution in [0.3, 0.4) is 0 Å². The van der Waals surface area contributed by atoms with Gasteiger partial charge in [0, 0.05) is 25.4 Å². The summed E-state index contributed by atoms with van der Waals surface area (Å²) in [5.41, 5.74) is 0. The first-order chi connectivity index (χ1) is 6.72. The van der Waals surface area contributed by atoms with E-state index in [2.05, 4.69) is 25.0 Å². The summed E-state index contributed by atoms with van der Waals surface area (Å²) in [4.78, 5) is 2.55. The molecule has 0 aliphatic carbocycles. The lowest BCUT2D eigenvalue weighted by atomic mass is 10.1. The third-order valence-electron chi connectivity index (χ3n) is 2.61. The molecule has 1 fully saturated rings. The zero-order valence-corrected chi connectivity index (χ0v) is 10.5. The molecule has 0 unspecified atom stereocenters. The molecule has 84 valence electrons. The third-order valence-corrected chi connectivity index (χ3v) is 3.20. The molecule has 0 aromatic carbocycles. The first-order valence-electron chi connectivity index (χ1n) is 5.59. The van der Waals surface area contributed by atoms with Gasteiger partial charge in [-0.15, -0.1) is 0 Å². The molecule has 0 bridgehead atoms. The van der Waals surface area contributed by atoms with Crippen molar-refractivity contribution in [3.8, 4) is 0 Å². The molecule has 1 saturated heterocycles. The second-order valence-corrected chi connectivity index (χ2v) is 5.20. The van der Waals surface area contributed by atoms with Gasteiger partial charge in [0.05, 0.1) is 12.2 Å². The van der Waals surface area contributed by atoms with Gasteiger partial charge < -0.3 is 9.64 Å². The molecule has 0 atom stereocenters. The summed E-state index contributed by atoms with van der Waals surface area (Å²) in [6.07, 6.45) is 5.51. The quantitative estimate of drug-likeness (QED) is 0.701. The number of piperidine rings is 1. The maximum absolute atomic E-state index is 5.81. The number of hydrogen-bond acceptors (Lipinski definition) is 3. The molecular formula is C11H23NOS. The highest BCUT2D eigenvalue weighted by molar-refractivity contribution is 7.98. The van der Waals surface area contributed by atoms with E-state index in [1.807, 2.05) is 11.8 Å². The summed E-state index contributed by atoms with van der Waals surface area (Å²) < 4.78 is 5.81. The number of likely N-dealkylation sites (tertiary alicyclic amines) is 1. The fourth-order valence-electron chi connectivity index (χ4n) is 1.87. The Balaban J connectivity index is 2.11. The van der Waals surface area contributed by atoms with Crippen molar-refractivity contribution in [1.82, 2.24) is 4.90 Å². The largest absolute Gasteiger partial charge is 0.375 e. The van der Waals surface area contributed by atoms with Gasteiger partial charge in [0.25, 0.3) is 0 Å². The van der Waals surface area contributed by atoms with Crippen LogP contribution < -0.4 is 0 Å². The van der Waals surface area contributed by atoms with Gasteiger partial charge in [-0.3, -0.25) is 0 Å². The van der Waals surface area contributed by atoms with E-state index < -0.39 is 0 Å². The Morgan fingerprint density at radius 1 is 1.36 bits per heavy atom. The first kappa shape index (κ1) is 12.3. The maximum Gasteiger partial charge on any atom is 0.0603 e. The Bertz CT molecular complexity index is 144. The van der Waals surface area contributed by atoms with Crippen LogP contribution >= 0.6 is 11.8 Å². The van der Waals surface area contributed by atoms with Gasteiger partial charge >= 0.3 is 0 Å². The fourth-order valence-corrected chi connectivity index (χ4v) is 2.32. The summed E-state index contributed by atoms with van der Waals surface area (Å²) in [6.45, 7) is 7.94. The molecule has 0 saturated carbocycles. The predicted molar refractivity (Wildman–Crippen MR) is 64.1 cm³/mol. The SMILES string of the molecule is CSCCN1CCC(OC(C)C)CC1. The molecule has 1 heterocycles. The van der Waals surface area contributed by atoms with Crippen molar-refractivity contribution in [2.75, 3.05) is 31.6 Å². The number of ether oxygens (including phenoxy) is 1. The van der Waals surface area contributed by atoms with Gasteiger partial charge in [0.1, 0.15) is 0 Å². The van der Waals surface area contributed by atoms with Crippen LogP contribution in [0, 0.1) is 0 Å². The van der Waals surface area contributed by atoms with Crippen LogP contribution in [0.4, 0.5) is 0 Å². The summed E-state index contributed by atoms with van der Waals surface area (Å²) >= 11 is 1.93. The molecule has 0 N–H and O–H groups in total. The standard InChI is InChI=1S/C11H23NOS/c1-10(2)13-11-4-6-12(7-5-11)8-9-14-3/h10-11H,4-9H2,1-3H3. The van der Waals surface area contributed by atoms with Crippen LogP contribution in [0.25, 0.3) is 0 Å². The van der Waals surface area contributed by atoms with E-state index >= 15 is 0 Å². The van der Waals surface area contributed by atoms with Crippen LogP contribution in [-0.2, 0) is 4.74 Å². The molecular weight excluding hydrogens is 194 g/mol. The minimum Gasteiger partial charge on any atom is -0.375 e. The second kappa shape index (κ2) is 6.70. The second-order valence-electron chi connectivity index (χ2n) is 4.22. The van der Waals surface area contributed by atoms with Gasteiger partial charge in [-0.05, 0) is 32.9 Å². The molecule has 0 aromatic rings. The van der Waals surface area contributed by atoms with E-state index in [9.17, 15) is 0 Å². The number of thioether (sulfide) groups is 1. The summed E-state index contributed by atoms with van der Waals surface area (Å²) in [7, 11) is 0. The van der Waals surface area contributed by atoms with Crippen LogP contribution in [-0.4, -0.2) is 48.8 Å². The lowest BCUT2D eigenvalue weighted by Crippen LogP contribution is -2.38. The average molecular weight is 217 g/mol. The van der Waals surface area contributed by atoms with Crippen molar-refractivity contribution in [2.45, 2.75) is 38.9 Å². The number of rotatable bonds is 5. The zero-order valence-electron chi connectivity index (χ0n) is 9.66. The molecule has 1 aliphatic heterocycles. The van der Waals surface area contributed by atoms with Crippen molar-refractivity contribution in [3.05, 3.63) is 0 Å². The van der Waals surface area contributed by atoms with Crippen LogP contribution in [0.1, 0.15) is 26.7 Å². The highest BCUT2D eigenvalue weighted by atomic mass is 32.2. The number of hydrogen-bond donors (Lipinski definition) is 0. The van der Waals surface area contributed by atoms with E-state index in [1.165, 1.54) is 38.2 Å². The molecule has 0 radical (unpaired) electrons. The van der Waals surface area contributed by atoms with Gasteiger partial charge in [0.15, 0.2) is 0 Å². The van der Waals surface area contributed by atoms with Crippen LogP contribution in [0.5, 0.6) is 0 Å². The molecule has 3 heteroatoms. The molecule has 0 amide bonds. The van der Waals surface area contributed by atoms with Gasteiger partial charge in [0.2, 0.25) is 0 Å². The Morgan fingerprint density at radius 2 is 2.00 bits per heavy atom. The highest BCUT2D eigenvalue weighted by Gasteiger charge is 2.19. The Kier molecular flexibility index (Phi) is 5.90. The summed E-state index contributed by atoms with van der Waals surface area (Å²) in [6, 6.07) is 0. The lowest BCUT2D eigenvalue weighted by Gasteiger charge is -2.32. The Morgan fingerprint density at radius 3 is 2.50 bits per heavy atom. The van der Waals surface area contributed by atoms with Gasteiger partial charge in [-0.2, -0.15) is 11.8 Å². The average Bonchev–Trinajstić information content (AvgIpc) is 2.16. The summed E-state index contributed by atoms with van der Waals surface area (Å²) in [5, 5.41) is 0. The lowest BCUT2D eigenvalue weighted by molar-refractivity contribution is -0.0258. The van der Waals surface area contributed by atoms with Gasteiger partial charge in [-0.1, -0.05) is 0 Å². The predicted octanol–water partition coefficient (Wildman–Crippen LogP) is 2.24. The van der Waals surface area contributed by atoms with Crippen LogP contribution in [0.15, 0.2) is 0 Å². The van der Waals surface area contributed by atoms with E-state index in [4.69, 9.17) is 4.74 Å². The topological polar surface area (TPSA) is 12.5 Å². The monoisotopic (exact) mass is 217 g/mol. The summed E-state index contributed by atoms with van der Waals surface area (Å²) in [5.74, 6) is 1.26. The van der Waals surface area contributed by atoms with Crippen molar-refractivity contribution in [2.24, 2.45) is 0 Å². The molecule has 1 rings (SSSR count). The minimum absolute atomic E-state index is 0.387. The molecule has 0 spiro atoms. The Hall–Kier alpha value is 0.270. The van der Waals surface area contributed by atoms with Crippen molar-refractivity contribution in [3.63, 3.8) is 0 Å². The first-order valence-corrected chi connectivity index (χ1v) is 6.98. The smallest absolute Gasteiger partial charge is 0.0603 e. The maximum atomic E-state index is 5.81. The molecule has 14 heavy (non-hydrogen) atoms. The van der Waals surface area contributed by atoms with Crippen LogP contribution in [0.2, 0.25) is 0 Å². The zero-order chi connectivity index (χ0) is 10.4. The van der Waals surface area contributed by atoms with E-state index in [0.717, 1.165) is 0 Å². The normalized spacial score (nSPS) is 20.6. The molecule has 0 aromatic heterocycles.